The van der Waals surface area contributed by atoms with Gasteiger partial charge in [0.1, 0.15) is 0 Å². The quantitative estimate of drug-likeness (QED) is 0.476. The Morgan fingerprint density at radius 2 is 1.36 bits per heavy atom. The van der Waals surface area contributed by atoms with Crippen LogP contribution in [0.25, 0.3) is 0 Å². The Morgan fingerprint density at radius 3 is 1.45 bits per heavy atom. The van der Waals surface area contributed by atoms with Crippen molar-refractivity contribution in [2.75, 3.05) is 0 Å². The van der Waals surface area contributed by atoms with Crippen molar-refractivity contribution in [1.82, 2.24) is 0 Å². The van der Waals surface area contributed by atoms with Crippen LogP contribution in [0.3, 0.4) is 0 Å². The van der Waals surface area contributed by atoms with Crippen LogP contribution in [-0.2, 0) is 19.8 Å². The van der Waals surface area contributed by atoms with Crippen LogP contribution in [0, 0.1) is 6.10 Å². The molecule has 0 aromatic rings. The topological polar surface area (TPSA) is 36.9 Å². The fourth-order valence-electron chi connectivity index (χ4n) is 0.246. The van der Waals surface area contributed by atoms with Crippen LogP contribution < -0.4 is 0 Å². The van der Waals surface area contributed by atoms with Crippen molar-refractivity contribution in [1.29, 1.82) is 0 Å². The molecule has 0 rings (SSSR count). The maximum absolute atomic E-state index is 11.3. The fraction of sp³-hybridized carbons (Fsp3) is 0.667. The molecule has 11 heavy (non-hydrogen) atoms. The van der Waals surface area contributed by atoms with E-state index >= 15 is 0 Å². The van der Waals surface area contributed by atoms with E-state index in [1.54, 1.807) is 0 Å². The monoisotopic (exact) mass is 179 g/mol. The molecule has 0 spiro atoms. The average molecular weight is 179 g/mol. The molecule has 0 fully saturated rings. The SMILES string of the molecule is C[C](OF)C(OF)(OF)OF. The van der Waals surface area contributed by atoms with Crippen molar-refractivity contribution in [3.05, 3.63) is 6.10 Å². The minimum Gasteiger partial charge on any atom is -0.175 e. The molecule has 0 saturated heterocycles. The van der Waals surface area contributed by atoms with E-state index in [4.69, 9.17) is 0 Å². The Bertz CT molecular complexity index is 99.2. The third kappa shape index (κ3) is 1.99. The van der Waals surface area contributed by atoms with Crippen molar-refractivity contribution in [3.63, 3.8) is 0 Å². The van der Waals surface area contributed by atoms with E-state index in [0.717, 1.165) is 0 Å². The minimum absolute atomic E-state index is 0.624. The van der Waals surface area contributed by atoms with Crippen LogP contribution in [0.15, 0.2) is 0 Å². The van der Waals surface area contributed by atoms with Gasteiger partial charge in [-0.15, -0.1) is 14.8 Å². The lowest BCUT2D eigenvalue weighted by atomic mass is 10.3. The zero-order chi connectivity index (χ0) is 8.91. The summed E-state index contributed by atoms with van der Waals surface area (Å²) in [5, 5.41) is 0. The van der Waals surface area contributed by atoms with Crippen LogP contribution >= 0.6 is 0 Å². The van der Waals surface area contributed by atoms with Crippen molar-refractivity contribution in [2.45, 2.75) is 12.9 Å². The Hall–Kier alpha value is -0.440. The molecule has 0 aliphatic heterocycles. The number of hydrogen-bond acceptors (Lipinski definition) is 4. The molecule has 0 aliphatic rings. The van der Waals surface area contributed by atoms with Gasteiger partial charge in [-0.25, -0.2) is 0 Å². The molecule has 0 atom stereocenters. The molecule has 0 saturated carbocycles. The first-order valence-electron chi connectivity index (χ1n) is 2.18. The molecule has 0 aromatic carbocycles. The van der Waals surface area contributed by atoms with Gasteiger partial charge in [0.2, 0.25) is 6.10 Å². The van der Waals surface area contributed by atoms with Crippen LogP contribution in [0.5, 0.6) is 0 Å². The molecule has 0 amide bonds. The Morgan fingerprint density at radius 1 is 1.00 bits per heavy atom. The molecule has 0 N–H and O–H groups in total. The summed E-state index contributed by atoms with van der Waals surface area (Å²) in [5.41, 5.74) is 0. The molecule has 67 valence electrons. The molecule has 0 heterocycles. The summed E-state index contributed by atoms with van der Waals surface area (Å²) < 4.78 is 44.9. The summed E-state index contributed by atoms with van der Waals surface area (Å²) in [6.45, 7) is 0.624. The van der Waals surface area contributed by atoms with Gasteiger partial charge in [0.05, 0.1) is 0 Å². The van der Waals surface area contributed by atoms with Crippen molar-refractivity contribution in [3.8, 4) is 0 Å². The molecule has 8 heteroatoms. The average Bonchev–Trinajstić information content (AvgIpc) is 2.08. The highest BCUT2D eigenvalue weighted by molar-refractivity contribution is 4.80. The molecule has 0 aromatic heterocycles. The predicted molar refractivity (Wildman–Crippen MR) is 20.4 cm³/mol. The second kappa shape index (κ2) is 4.44. The van der Waals surface area contributed by atoms with E-state index in [2.05, 4.69) is 19.8 Å². The highest BCUT2D eigenvalue weighted by atomic mass is 19.3. The second-order valence-corrected chi connectivity index (χ2v) is 1.42. The maximum Gasteiger partial charge on any atom is 0.415 e. The second-order valence-electron chi connectivity index (χ2n) is 1.42. The third-order valence-electron chi connectivity index (χ3n) is 0.852. The first-order chi connectivity index (χ1) is 5.16. The number of rotatable bonds is 5. The molecule has 0 bridgehead atoms. The van der Waals surface area contributed by atoms with Gasteiger partial charge in [0, 0.05) is 0 Å². The Kier molecular flexibility index (Phi) is 4.26. The lowest BCUT2D eigenvalue weighted by Crippen LogP contribution is -2.38. The predicted octanol–water partition coefficient (Wildman–Crippen LogP) is 1.80. The summed E-state index contributed by atoms with van der Waals surface area (Å²) in [4.78, 5) is 10.2. The van der Waals surface area contributed by atoms with Crippen LogP contribution in [0.1, 0.15) is 6.92 Å². The van der Waals surface area contributed by atoms with Gasteiger partial charge in [-0.2, -0.15) is 4.94 Å². The smallest absolute Gasteiger partial charge is 0.175 e. The van der Waals surface area contributed by atoms with Gasteiger partial charge in [0.25, 0.3) is 0 Å². The maximum atomic E-state index is 11.3. The normalized spacial score (nSPS) is 12.5. The van der Waals surface area contributed by atoms with Gasteiger partial charge in [-0.05, 0) is 25.0 Å². The Balaban J connectivity index is 4.26. The van der Waals surface area contributed by atoms with Crippen molar-refractivity contribution >= 4 is 0 Å². The van der Waals surface area contributed by atoms with Gasteiger partial charge in [0.15, 0.2) is 0 Å². The molecular weight excluding hydrogens is 176 g/mol. The van der Waals surface area contributed by atoms with Gasteiger partial charge < -0.3 is 0 Å². The van der Waals surface area contributed by atoms with Crippen LogP contribution in [-0.4, -0.2) is 5.97 Å². The van der Waals surface area contributed by atoms with Crippen LogP contribution in [0.2, 0.25) is 0 Å². The van der Waals surface area contributed by atoms with E-state index in [0.29, 0.717) is 6.92 Å². The number of halogens is 4. The first-order valence-corrected chi connectivity index (χ1v) is 2.18. The zero-order valence-corrected chi connectivity index (χ0v) is 5.14. The van der Waals surface area contributed by atoms with Crippen molar-refractivity contribution < 1.29 is 37.9 Å². The summed E-state index contributed by atoms with van der Waals surface area (Å²) in [7, 11) is 0. The first kappa shape index (κ1) is 10.6. The molecule has 0 unspecified atom stereocenters. The third-order valence-corrected chi connectivity index (χ3v) is 0.852. The van der Waals surface area contributed by atoms with Gasteiger partial charge in [-0.1, -0.05) is 0 Å². The van der Waals surface area contributed by atoms with E-state index in [9.17, 15) is 18.1 Å². The molecular formula is C3H3F4O4. The minimum atomic E-state index is -3.55. The van der Waals surface area contributed by atoms with E-state index in [1.807, 2.05) is 0 Å². The van der Waals surface area contributed by atoms with Crippen LogP contribution in [0.4, 0.5) is 18.1 Å². The lowest BCUT2D eigenvalue weighted by molar-refractivity contribution is -0.554. The standard InChI is InChI=1S/C3H3F4O4/c1-2(8-4)3(9-5,10-6)11-7/h1H3. The van der Waals surface area contributed by atoms with E-state index in [1.165, 1.54) is 0 Å². The van der Waals surface area contributed by atoms with E-state index in [-0.39, 0.29) is 0 Å². The fourth-order valence-corrected chi connectivity index (χ4v) is 0.246. The summed E-state index contributed by atoms with van der Waals surface area (Å²) in [5.74, 6) is -3.55. The largest absolute Gasteiger partial charge is 0.415 e. The summed E-state index contributed by atoms with van der Waals surface area (Å²) >= 11 is 0. The summed E-state index contributed by atoms with van der Waals surface area (Å²) in [6.07, 6.45) is -1.27. The van der Waals surface area contributed by atoms with Crippen molar-refractivity contribution in [2.24, 2.45) is 0 Å². The number of hydrogen-bond donors (Lipinski definition) is 0. The van der Waals surface area contributed by atoms with E-state index < -0.39 is 12.1 Å². The van der Waals surface area contributed by atoms with Gasteiger partial charge >= 0.3 is 5.97 Å². The highest BCUT2D eigenvalue weighted by Gasteiger charge is 2.49. The molecule has 0 aliphatic carbocycles. The van der Waals surface area contributed by atoms with Gasteiger partial charge in [-0.3, -0.25) is 0 Å². The summed E-state index contributed by atoms with van der Waals surface area (Å²) in [6, 6.07) is 0. The molecule has 1 radical (unpaired) electrons. The molecule has 4 nitrogen and oxygen atoms in total. The Labute approximate surface area is 58.2 Å². The zero-order valence-electron chi connectivity index (χ0n) is 5.14. The highest BCUT2D eigenvalue weighted by Crippen LogP contribution is 2.29. The lowest BCUT2D eigenvalue weighted by Gasteiger charge is -2.20.